The van der Waals surface area contributed by atoms with Crippen LogP contribution in [0.15, 0.2) is 59.8 Å². The number of hydrogen-bond donors (Lipinski definition) is 4. The molecule has 1 aliphatic heterocycles. The summed E-state index contributed by atoms with van der Waals surface area (Å²) in [4.78, 5) is 46.9. The number of aromatic nitrogens is 1. The molecule has 10 nitrogen and oxygen atoms in total. The van der Waals surface area contributed by atoms with Crippen molar-refractivity contribution < 1.29 is 24.2 Å². The highest BCUT2D eigenvalue weighted by atomic mass is 32.2. The average Bonchev–Trinajstić information content (AvgIpc) is 3.11. The standard InChI is InChI=1S/C37H55N5O5S/c1-2-3-16-30(40-36(45)33(26-28-14-8-5-9-15-28)47-37(46)42-22-18-29(38)19-23-42)35(44)41-31(25-27-12-6-4-7-13-27)32(43)20-24-48-34-17-10-11-21-39-34/h5,8-11,14-15,17,21,27,29-33,43H,2-4,6-7,12-13,16,18-20,22-26,38H2,1H3,(H,40,45)(H,41,44)/t30-,31-,32-,33-/m0/s1. The minimum Gasteiger partial charge on any atom is -0.436 e. The van der Waals surface area contributed by atoms with Crippen molar-refractivity contribution in [2.45, 2.75) is 126 Å². The monoisotopic (exact) mass is 681 g/mol. The molecule has 5 N–H and O–H groups in total. The SMILES string of the molecule is CCCC[C@H](NC(=O)[C@H](Cc1ccccc1)OC(=O)N1CCC(N)CC1)C(=O)N[C@@H](CC1CCCCC1)[C@@H](O)CCSc1ccccn1. The van der Waals surface area contributed by atoms with Gasteiger partial charge in [0.2, 0.25) is 5.91 Å². The van der Waals surface area contributed by atoms with Gasteiger partial charge in [-0.05, 0) is 55.7 Å². The first-order valence-electron chi connectivity index (χ1n) is 17.9. The Kier molecular flexibility index (Phi) is 16.0. The van der Waals surface area contributed by atoms with Crippen molar-refractivity contribution in [2.75, 3.05) is 18.8 Å². The number of carbonyl (C=O) groups excluding carboxylic acids is 3. The second kappa shape index (κ2) is 20.4. The minimum absolute atomic E-state index is 0.0513. The molecular weight excluding hydrogens is 627 g/mol. The molecule has 1 aromatic heterocycles. The Balaban J connectivity index is 1.44. The molecule has 2 aromatic rings. The number of rotatable bonds is 17. The quantitative estimate of drug-likeness (QED) is 0.166. The predicted octanol–water partition coefficient (Wildman–Crippen LogP) is 5.23. The van der Waals surface area contributed by atoms with E-state index in [2.05, 4.69) is 15.6 Å². The lowest BCUT2D eigenvalue weighted by molar-refractivity contribution is -0.135. The minimum atomic E-state index is -1.11. The molecule has 0 radical (unpaired) electrons. The number of hydrogen-bond acceptors (Lipinski definition) is 8. The summed E-state index contributed by atoms with van der Waals surface area (Å²) in [5, 5.41) is 18.4. The van der Waals surface area contributed by atoms with Crippen molar-refractivity contribution in [3.05, 3.63) is 60.3 Å². The van der Waals surface area contributed by atoms with Crippen LogP contribution < -0.4 is 16.4 Å². The Morgan fingerprint density at radius 1 is 0.979 bits per heavy atom. The number of pyridine rings is 1. The second-order valence-corrected chi connectivity index (χ2v) is 14.4. The van der Waals surface area contributed by atoms with Crippen LogP contribution in [-0.2, 0) is 20.7 Å². The lowest BCUT2D eigenvalue weighted by Crippen LogP contribution is -2.55. The fraction of sp³-hybridized carbons (Fsp3) is 0.622. The van der Waals surface area contributed by atoms with Gasteiger partial charge in [-0.3, -0.25) is 9.59 Å². The van der Waals surface area contributed by atoms with Gasteiger partial charge in [-0.1, -0.05) is 88.3 Å². The highest BCUT2D eigenvalue weighted by Gasteiger charge is 2.33. The molecule has 4 rings (SSSR count). The first kappa shape index (κ1) is 37.7. The maximum atomic E-state index is 13.9. The third-order valence-electron chi connectivity index (χ3n) is 9.48. The third kappa shape index (κ3) is 12.7. The van der Waals surface area contributed by atoms with Gasteiger partial charge in [-0.15, -0.1) is 11.8 Å². The van der Waals surface area contributed by atoms with Crippen LogP contribution in [0.25, 0.3) is 0 Å². The highest BCUT2D eigenvalue weighted by molar-refractivity contribution is 7.99. The largest absolute Gasteiger partial charge is 0.436 e. The summed E-state index contributed by atoms with van der Waals surface area (Å²) in [6, 6.07) is 14.0. The summed E-state index contributed by atoms with van der Waals surface area (Å²) in [6.45, 7) is 2.99. The van der Waals surface area contributed by atoms with Crippen LogP contribution in [0.1, 0.15) is 89.5 Å². The number of unbranched alkanes of at least 4 members (excludes halogenated alkanes) is 1. The van der Waals surface area contributed by atoms with Gasteiger partial charge in [0.05, 0.1) is 17.2 Å². The number of aliphatic hydroxyl groups is 1. The second-order valence-electron chi connectivity index (χ2n) is 13.3. The van der Waals surface area contributed by atoms with E-state index in [1.807, 2.05) is 55.5 Å². The van der Waals surface area contributed by atoms with Crippen molar-refractivity contribution >= 4 is 29.7 Å². The van der Waals surface area contributed by atoms with Gasteiger partial charge < -0.3 is 31.1 Å². The number of likely N-dealkylation sites (tertiary alicyclic amines) is 1. The number of ether oxygens (including phenoxy) is 1. The number of nitrogens with zero attached hydrogens (tertiary/aromatic N) is 2. The van der Waals surface area contributed by atoms with E-state index in [-0.39, 0.29) is 18.4 Å². The molecule has 1 aliphatic carbocycles. The number of aliphatic hydroxyl groups excluding tert-OH is 1. The van der Waals surface area contributed by atoms with E-state index >= 15 is 0 Å². The van der Waals surface area contributed by atoms with E-state index in [0.717, 1.165) is 49.1 Å². The van der Waals surface area contributed by atoms with Gasteiger partial charge in [0.25, 0.3) is 5.91 Å². The number of amides is 3. The van der Waals surface area contributed by atoms with Crippen LogP contribution in [0.3, 0.4) is 0 Å². The number of thioether (sulfide) groups is 1. The van der Waals surface area contributed by atoms with Crippen LogP contribution in [0, 0.1) is 5.92 Å². The summed E-state index contributed by atoms with van der Waals surface area (Å²) in [5.41, 5.74) is 6.87. The number of carbonyl (C=O) groups is 3. The van der Waals surface area contributed by atoms with Gasteiger partial charge in [0.1, 0.15) is 6.04 Å². The molecule has 0 spiro atoms. The van der Waals surface area contributed by atoms with Crippen molar-refractivity contribution in [1.82, 2.24) is 20.5 Å². The Hall–Kier alpha value is -3.15. The zero-order valence-corrected chi connectivity index (χ0v) is 29.3. The molecule has 2 fully saturated rings. The Morgan fingerprint density at radius 3 is 2.40 bits per heavy atom. The molecular formula is C37H55N5O5S. The molecule has 0 unspecified atom stereocenters. The van der Waals surface area contributed by atoms with Crippen LogP contribution >= 0.6 is 11.8 Å². The lowest BCUT2D eigenvalue weighted by Gasteiger charge is -2.32. The Morgan fingerprint density at radius 2 is 1.71 bits per heavy atom. The molecule has 0 bridgehead atoms. The number of benzene rings is 1. The van der Waals surface area contributed by atoms with E-state index in [4.69, 9.17) is 10.5 Å². The highest BCUT2D eigenvalue weighted by Crippen LogP contribution is 2.29. The van der Waals surface area contributed by atoms with Gasteiger partial charge >= 0.3 is 6.09 Å². The van der Waals surface area contributed by atoms with Crippen LogP contribution in [0.4, 0.5) is 4.79 Å². The fourth-order valence-corrected chi connectivity index (χ4v) is 7.41. The van der Waals surface area contributed by atoms with E-state index in [1.165, 1.54) is 6.42 Å². The van der Waals surface area contributed by atoms with Crippen molar-refractivity contribution in [2.24, 2.45) is 11.7 Å². The summed E-state index contributed by atoms with van der Waals surface area (Å²) in [7, 11) is 0. The zero-order valence-electron chi connectivity index (χ0n) is 28.4. The Labute approximate surface area is 290 Å². The lowest BCUT2D eigenvalue weighted by atomic mass is 9.83. The molecule has 1 saturated heterocycles. The molecule has 3 amide bonds. The van der Waals surface area contributed by atoms with E-state index in [9.17, 15) is 19.5 Å². The van der Waals surface area contributed by atoms with E-state index in [0.29, 0.717) is 56.9 Å². The topological polar surface area (TPSA) is 147 Å². The van der Waals surface area contributed by atoms with Gasteiger partial charge in [0, 0.05) is 37.5 Å². The van der Waals surface area contributed by atoms with Crippen molar-refractivity contribution in [3.8, 4) is 0 Å². The van der Waals surface area contributed by atoms with Gasteiger partial charge in [-0.25, -0.2) is 9.78 Å². The fourth-order valence-electron chi connectivity index (χ4n) is 6.53. The van der Waals surface area contributed by atoms with Crippen LogP contribution in [-0.4, -0.2) is 82.1 Å². The first-order chi connectivity index (χ1) is 23.3. The smallest absolute Gasteiger partial charge is 0.410 e. The molecule has 1 aromatic carbocycles. The maximum Gasteiger partial charge on any atom is 0.410 e. The van der Waals surface area contributed by atoms with Gasteiger partial charge in [-0.2, -0.15) is 0 Å². The van der Waals surface area contributed by atoms with E-state index < -0.39 is 36.3 Å². The number of piperidine rings is 1. The number of nitrogens with one attached hydrogen (secondary N) is 2. The van der Waals surface area contributed by atoms with Crippen molar-refractivity contribution in [3.63, 3.8) is 0 Å². The van der Waals surface area contributed by atoms with Gasteiger partial charge in [0.15, 0.2) is 6.10 Å². The summed E-state index contributed by atoms with van der Waals surface area (Å²) < 4.78 is 5.83. The number of nitrogens with two attached hydrogens (primary N) is 1. The summed E-state index contributed by atoms with van der Waals surface area (Å²) in [6.07, 6.45) is 9.85. The first-order valence-corrected chi connectivity index (χ1v) is 18.9. The molecule has 2 aliphatic rings. The predicted molar refractivity (Wildman–Crippen MR) is 189 cm³/mol. The third-order valence-corrected chi connectivity index (χ3v) is 10.5. The summed E-state index contributed by atoms with van der Waals surface area (Å²) >= 11 is 1.58. The molecule has 48 heavy (non-hydrogen) atoms. The molecule has 11 heteroatoms. The zero-order chi connectivity index (χ0) is 34.1. The normalized spacial score (nSPS) is 18.4. The molecule has 4 atom stereocenters. The summed E-state index contributed by atoms with van der Waals surface area (Å²) in [5.74, 6) is 0.280. The Bertz CT molecular complexity index is 1240. The van der Waals surface area contributed by atoms with Crippen molar-refractivity contribution in [1.29, 1.82) is 0 Å². The van der Waals surface area contributed by atoms with Crippen LogP contribution in [0.2, 0.25) is 0 Å². The molecule has 1 saturated carbocycles. The van der Waals surface area contributed by atoms with Crippen LogP contribution in [0.5, 0.6) is 0 Å². The molecule has 264 valence electrons. The molecule has 2 heterocycles. The van der Waals surface area contributed by atoms with E-state index in [1.54, 1.807) is 22.9 Å². The average molecular weight is 682 g/mol. The maximum absolute atomic E-state index is 13.9.